The highest BCUT2D eigenvalue weighted by Crippen LogP contribution is 2.26. The molecule has 3 heterocycles. The third-order valence-corrected chi connectivity index (χ3v) is 5.42. The van der Waals surface area contributed by atoms with Gasteiger partial charge in [0.2, 0.25) is 5.95 Å². The Morgan fingerprint density at radius 3 is 2.64 bits per heavy atom. The summed E-state index contributed by atoms with van der Waals surface area (Å²) in [6.07, 6.45) is 3.55. The Balaban J connectivity index is 1.38. The van der Waals surface area contributed by atoms with Crippen LogP contribution in [-0.2, 0) is 6.54 Å². The van der Waals surface area contributed by atoms with Crippen LogP contribution in [0.3, 0.4) is 0 Å². The molecular weight excluding hydrogens is 332 g/mol. The summed E-state index contributed by atoms with van der Waals surface area (Å²) < 4.78 is 1.29. The first kappa shape index (κ1) is 15.8. The molecule has 1 aliphatic heterocycles. The quantitative estimate of drug-likeness (QED) is 0.579. The lowest BCUT2D eigenvalue weighted by Crippen LogP contribution is -2.51. The van der Waals surface area contributed by atoms with E-state index in [-0.39, 0.29) is 0 Å². The van der Waals surface area contributed by atoms with Gasteiger partial charge in [-0.25, -0.2) is 15.0 Å². The van der Waals surface area contributed by atoms with Crippen molar-refractivity contribution in [3.8, 4) is 0 Å². The zero-order chi connectivity index (χ0) is 17.1. The molecule has 0 atom stereocenters. The van der Waals surface area contributed by atoms with Gasteiger partial charge in [-0.1, -0.05) is 18.2 Å². The van der Waals surface area contributed by atoms with Crippen LogP contribution in [0.15, 0.2) is 53.1 Å². The van der Waals surface area contributed by atoms with Gasteiger partial charge in [0.15, 0.2) is 5.96 Å². The second-order valence-corrected chi connectivity index (χ2v) is 6.87. The average Bonchev–Trinajstić information content (AvgIpc) is 3.10. The van der Waals surface area contributed by atoms with Gasteiger partial charge >= 0.3 is 0 Å². The first-order valence-corrected chi connectivity index (χ1v) is 9.21. The molecule has 25 heavy (non-hydrogen) atoms. The van der Waals surface area contributed by atoms with Crippen molar-refractivity contribution >= 4 is 33.3 Å². The van der Waals surface area contributed by atoms with Gasteiger partial charge in [-0.3, -0.25) is 0 Å². The number of thiophene rings is 1. The number of hydrogen-bond acceptors (Lipinski definition) is 5. The molecule has 6 nitrogen and oxygen atoms in total. The first-order valence-electron chi connectivity index (χ1n) is 8.33. The van der Waals surface area contributed by atoms with Crippen molar-refractivity contribution in [2.75, 3.05) is 31.1 Å². The van der Waals surface area contributed by atoms with E-state index in [0.29, 0.717) is 12.5 Å². The summed E-state index contributed by atoms with van der Waals surface area (Å²) in [6.45, 7) is 3.98. The molecule has 0 saturated carbocycles. The zero-order valence-electron chi connectivity index (χ0n) is 13.9. The topological polar surface area (TPSA) is 70.6 Å². The van der Waals surface area contributed by atoms with Gasteiger partial charge in [-0.05, 0) is 28.5 Å². The molecule has 2 aromatic heterocycles. The summed E-state index contributed by atoms with van der Waals surface area (Å²) in [6, 6.07) is 10.2. The number of piperazine rings is 1. The monoisotopic (exact) mass is 352 g/mol. The Hall–Kier alpha value is -2.67. The van der Waals surface area contributed by atoms with Gasteiger partial charge in [0.1, 0.15) is 0 Å². The zero-order valence-corrected chi connectivity index (χ0v) is 14.7. The van der Waals surface area contributed by atoms with Crippen LogP contribution < -0.4 is 10.6 Å². The summed E-state index contributed by atoms with van der Waals surface area (Å²) >= 11 is 1.75. The predicted molar refractivity (Wildman–Crippen MR) is 103 cm³/mol. The summed E-state index contributed by atoms with van der Waals surface area (Å²) in [5.74, 6) is 1.39. The van der Waals surface area contributed by atoms with Crippen molar-refractivity contribution in [1.82, 2.24) is 14.9 Å². The van der Waals surface area contributed by atoms with Crippen LogP contribution in [0.2, 0.25) is 0 Å². The number of fused-ring (bicyclic) bond motifs is 1. The maximum atomic E-state index is 6.22. The van der Waals surface area contributed by atoms with Gasteiger partial charge in [0.25, 0.3) is 0 Å². The molecule has 0 unspecified atom stereocenters. The minimum absolute atomic E-state index is 0.615. The van der Waals surface area contributed by atoms with Gasteiger partial charge in [-0.2, -0.15) is 0 Å². The smallest absolute Gasteiger partial charge is 0.225 e. The third kappa shape index (κ3) is 3.41. The Kier molecular flexibility index (Phi) is 4.47. The van der Waals surface area contributed by atoms with E-state index in [2.05, 4.69) is 54.4 Å². The fourth-order valence-corrected chi connectivity index (χ4v) is 3.97. The van der Waals surface area contributed by atoms with Crippen LogP contribution in [-0.4, -0.2) is 47.0 Å². The Morgan fingerprint density at radius 1 is 1.08 bits per heavy atom. The van der Waals surface area contributed by atoms with E-state index >= 15 is 0 Å². The molecule has 0 aliphatic carbocycles. The molecule has 7 heteroatoms. The molecule has 0 radical (unpaired) electrons. The fraction of sp³-hybridized carbons (Fsp3) is 0.278. The van der Waals surface area contributed by atoms with E-state index in [1.807, 2.05) is 6.07 Å². The summed E-state index contributed by atoms with van der Waals surface area (Å²) in [4.78, 5) is 17.5. The molecule has 1 aliphatic rings. The number of benzene rings is 1. The lowest BCUT2D eigenvalue weighted by Gasteiger charge is -2.35. The molecule has 2 N–H and O–H groups in total. The molecule has 0 spiro atoms. The standard InChI is InChI=1S/C18H20N6S/c19-17(22-12-14-13-25-16-5-2-1-4-15(14)16)23-8-10-24(11-9-23)18-20-6-3-7-21-18/h1-7,13H,8-12H2,(H2,19,22). The number of nitrogens with two attached hydrogens (primary N) is 1. The molecule has 128 valence electrons. The predicted octanol–water partition coefficient (Wildman–Crippen LogP) is 2.33. The van der Waals surface area contributed by atoms with Gasteiger partial charge in [-0.15, -0.1) is 11.3 Å². The largest absolute Gasteiger partial charge is 0.370 e. The van der Waals surface area contributed by atoms with E-state index in [9.17, 15) is 0 Å². The maximum Gasteiger partial charge on any atom is 0.225 e. The van der Waals surface area contributed by atoms with Gasteiger partial charge in [0.05, 0.1) is 6.54 Å². The van der Waals surface area contributed by atoms with Crippen LogP contribution in [0.4, 0.5) is 5.95 Å². The number of aromatic nitrogens is 2. The minimum atomic E-state index is 0.615. The van der Waals surface area contributed by atoms with Crippen LogP contribution in [0, 0.1) is 0 Å². The van der Waals surface area contributed by atoms with Crippen molar-refractivity contribution in [2.24, 2.45) is 10.7 Å². The number of nitrogens with zero attached hydrogens (tertiary/aromatic N) is 5. The molecule has 0 bridgehead atoms. The lowest BCUT2D eigenvalue weighted by atomic mass is 10.2. The number of aliphatic imine (C=N–C) groups is 1. The second-order valence-electron chi connectivity index (χ2n) is 5.95. The molecular formula is C18H20N6S. The first-order chi connectivity index (χ1) is 12.3. The number of rotatable bonds is 3. The minimum Gasteiger partial charge on any atom is -0.370 e. The highest BCUT2D eigenvalue weighted by molar-refractivity contribution is 7.17. The molecule has 1 saturated heterocycles. The molecule has 3 aromatic rings. The van der Waals surface area contributed by atoms with E-state index in [0.717, 1.165) is 32.1 Å². The second kappa shape index (κ2) is 7.06. The van der Waals surface area contributed by atoms with Crippen molar-refractivity contribution in [3.05, 3.63) is 53.7 Å². The van der Waals surface area contributed by atoms with Crippen molar-refractivity contribution in [2.45, 2.75) is 6.54 Å². The highest BCUT2D eigenvalue weighted by atomic mass is 32.1. The Labute approximate surface area is 150 Å². The van der Waals surface area contributed by atoms with Crippen molar-refractivity contribution in [3.63, 3.8) is 0 Å². The summed E-state index contributed by atoms with van der Waals surface area (Å²) in [5.41, 5.74) is 7.46. The third-order valence-electron chi connectivity index (χ3n) is 4.41. The van der Waals surface area contributed by atoms with E-state index in [1.165, 1.54) is 15.6 Å². The van der Waals surface area contributed by atoms with Crippen LogP contribution in [0.1, 0.15) is 5.56 Å². The van der Waals surface area contributed by atoms with Crippen LogP contribution in [0.25, 0.3) is 10.1 Å². The van der Waals surface area contributed by atoms with Gasteiger partial charge in [0, 0.05) is 43.3 Å². The number of hydrogen-bond donors (Lipinski definition) is 1. The molecule has 4 rings (SSSR count). The fourth-order valence-electron chi connectivity index (χ4n) is 3.01. The highest BCUT2D eigenvalue weighted by Gasteiger charge is 2.19. The maximum absolute atomic E-state index is 6.22. The van der Waals surface area contributed by atoms with Crippen molar-refractivity contribution < 1.29 is 0 Å². The van der Waals surface area contributed by atoms with E-state index in [4.69, 9.17) is 5.73 Å². The SMILES string of the molecule is NC(=NCc1csc2ccccc12)N1CCN(c2ncccn2)CC1. The summed E-state index contributed by atoms with van der Waals surface area (Å²) in [7, 11) is 0. The average molecular weight is 352 g/mol. The summed E-state index contributed by atoms with van der Waals surface area (Å²) in [5, 5.41) is 3.45. The molecule has 1 fully saturated rings. The molecule has 0 amide bonds. The van der Waals surface area contributed by atoms with Gasteiger partial charge < -0.3 is 15.5 Å². The van der Waals surface area contributed by atoms with Crippen LogP contribution in [0.5, 0.6) is 0 Å². The molecule has 1 aromatic carbocycles. The van der Waals surface area contributed by atoms with Crippen molar-refractivity contribution in [1.29, 1.82) is 0 Å². The number of anilines is 1. The van der Waals surface area contributed by atoms with E-state index in [1.54, 1.807) is 23.7 Å². The lowest BCUT2D eigenvalue weighted by molar-refractivity contribution is 0.378. The normalized spacial score (nSPS) is 15.8. The Bertz CT molecular complexity index is 867. The Morgan fingerprint density at radius 2 is 1.84 bits per heavy atom. The van der Waals surface area contributed by atoms with E-state index < -0.39 is 0 Å². The number of guanidine groups is 1. The van der Waals surface area contributed by atoms with Crippen LogP contribution >= 0.6 is 11.3 Å².